The van der Waals surface area contributed by atoms with Gasteiger partial charge in [0.1, 0.15) is 6.54 Å². The predicted molar refractivity (Wildman–Crippen MR) is 101 cm³/mol. The molecule has 6 heteroatoms. The smallest absolute Gasteiger partial charge is 0.322 e. The van der Waals surface area contributed by atoms with Crippen LogP contribution in [0.2, 0.25) is 0 Å². The zero-order valence-corrected chi connectivity index (χ0v) is 14.9. The molecule has 0 radical (unpaired) electrons. The molecule has 1 aromatic carbocycles. The second-order valence-corrected chi connectivity index (χ2v) is 7.10. The van der Waals surface area contributed by atoms with Crippen LogP contribution in [0.25, 0.3) is 0 Å². The molecule has 2 heterocycles. The highest BCUT2D eigenvalue weighted by Crippen LogP contribution is 2.21. The highest BCUT2D eigenvalue weighted by molar-refractivity contribution is 5.73. The van der Waals surface area contributed by atoms with Gasteiger partial charge in [-0.25, -0.2) is 0 Å². The van der Waals surface area contributed by atoms with Gasteiger partial charge in [-0.3, -0.25) is 9.69 Å². The number of carboxylic acid groups (broad SMARTS) is 1. The van der Waals surface area contributed by atoms with Gasteiger partial charge < -0.3 is 20.6 Å². The van der Waals surface area contributed by atoms with Gasteiger partial charge in [0.15, 0.2) is 0 Å². The van der Waals surface area contributed by atoms with Crippen LogP contribution < -0.4 is 15.5 Å². The lowest BCUT2D eigenvalue weighted by molar-refractivity contribution is -0.134. The van der Waals surface area contributed by atoms with E-state index in [1.54, 1.807) is 0 Å². The Morgan fingerprint density at radius 2 is 1.80 bits per heavy atom. The lowest BCUT2D eigenvalue weighted by Crippen LogP contribution is -2.47. The van der Waals surface area contributed by atoms with Crippen LogP contribution in [0.15, 0.2) is 24.3 Å². The average molecular weight is 346 g/mol. The number of hydrogen-bond acceptors (Lipinski definition) is 5. The highest BCUT2D eigenvalue weighted by Gasteiger charge is 2.19. The third kappa shape index (κ3) is 5.61. The van der Waals surface area contributed by atoms with Crippen LogP contribution in [0.1, 0.15) is 19.3 Å². The Balaban J connectivity index is 1.40. The van der Waals surface area contributed by atoms with Crippen molar-refractivity contribution in [3.63, 3.8) is 0 Å². The van der Waals surface area contributed by atoms with Crippen molar-refractivity contribution < 1.29 is 9.90 Å². The van der Waals surface area contributed by atoms with Crippen LogP contribution in [0.3, 0.4) is 0 Å². The Morgan fingerprint density at radius 1 is 1.12 bits per heavy atom. The number of hydrogen-bond donors (Lipinski definition) is 3. The molecular weight excluding hydrogens is 316 g/mol. The standard InChI is InChI=1S/C19H30N4O2/c24-19(25)15-21-17-1-3-18(4-2-17)23-13-11-22(12-14-23)10-7-16-5-8-20-9-6-16/h1-4,16,20-21H,5-15H2,(H,24,25). The summed E-state index contributed by atoms with van der Waals surface area (Å²) < 4.78 is 0. The molecule has 3 rings (SSSR count). The average Bonchev–Trinajstić information content (AvgIpc) is 2.66. The van der Waals surface area contributed by atoms with E-state index in [0.29, 0.717) is 0 Å². The number of piperidine rings is 1. The minimum Gasteiger partial charge on any atom is -0.480 e. The lowest BCUT2D eigenvalue weighted by atomic mass is 9.94. The molecule has 1 aromatic rings. The summed E-state index contributed by atoms with van der Waals surface area (Å²) in [6.07, 6.45) is 4.01. The summed E-state index contributed by atoms with van der Waals surface area (Å²) in [6, 6.07) is 8.08. The first-order valence-electron chi connectivity index (χ1n) is 9.44. The van der Waals surface area contributed by atoms with E-state index in [9.17, 15) is 4.79 Å². The normalized spacial score (nSPS) is 19.8. The van der Waals surface area contributed by atoms with Gasteiger partial charge >= 0.3 is 5.97 Å². The van der Waals surface area contributed by atoms with Crippen LogP contribution in [-0.4, -0.2) is 68.3 Å². The fraction of sp³-hybridized carbons (Fsp3) is 0.632. The fourth-order valence-electron chi connectivity index (χ4n) is 3.73. The van der Waals surface area contributed by atoms with E-state index in [0.717, 1.165) is 37.8 Å². The van der Waals surface area contributed by atoms with Crippen molar-refractivity contribution in [2.75, 3.05) is 62.6 Å². The Kier molecular flexibility index (Phi) is 6.53. The van der Waals surface area contributed by atoms with Crippen molar-refractivity contribution in [3.05, 3.63) is 24.3 Å². The Morgan fingerprint density at radius 3 is 2.44 bits per heavy atom. The van der Waals surface area contributed by atoms with E-state index in [1.165, 1.54) is 44.6 Å². The molecule has 3 N–H and O–H groups in total. The van der Waals surface area contributed by atoms with Crippen molar-refractivity contribution >= 4 is 17.3 Å². The predicted octanol–water partition coefficient (Wildman–Crippen LogP) is 1.69. The molecule has 138 valence electrons. The molecule has 0 aliphatic carbocycles. The third-order valence-corrected chi connectivity index (χ3v) is 5.36. The molecule has 25 heavy (non-hydrogen) atoms. The minimum absolute atomic E-state index is 0.0466. The molecule has 0 aromatic heterocycles. The summed E-state index contributed by atoms with van der Waals surface area (Å²) in [5, 5.41) is 15.0. The molecule has 0 saturated carbocycles. The van der Waals surface area contributed by atoms with Crippen LogP contribution >= 0.6 is 0 Å². The monoisotopic (exact) mass is 346 g/mol. The van der Waals surface area contributed by atoms with E-state index in [1.807, 2.05) is 12.1 Å². The summed E-state index contributed by atoms with van der Waals surface area (Å²) in [6.45, 7) is 7.95. The van der Waals surface area contributed by atoms with E-state index in [-0.39, 0.29) is 6.54 Å². The Labute approximate surface area is 150 Å². The maximum absolute atomic E-state index is 10.6. The third-order valence-electron chi connectivity index (χ3n) is 5.36. The van der Waals surface area contributed by atoms with Gasteiger partial charge in [0.05, 0.1) is 0 Å². The van der Waals surface area contributed by atoms with Crippen LogP contribution in [-0.2, 0) is 4.79 Å². The molecule has 2 fully saturated rings. The summed E-state index contributed by atoms with van der Waals surface area (Å²) in [4.78, 5) is 15.6. The first-order valence-corrected chi connectivity index (χ1v) is 9.44. The molecule has 2 aliphatic rings. The highest BCUT2D eigenvalue weighted by atomic mass is 16.4. The zero-order valence-electron chi connectivity index (χ0n) is 14.9. The first kappa shape index (κ1) is 18.0. The van der Waals surface area contributed by atoms with Crippen LogP contribution in [0.4, 0.5) is 11.4 Å². The number of nitrogens with zero attached hydrogens (tertiary/aromatic N) is 2. The number of nitrogens with one attached hydrogen (secondary N) is 2. The summed E-state index contributed by atoms with van der Waals surface area (Å²) >= 11 is 0. The van der Waals surface area contributed by atoms with Gasteiger partial charge in [0, 0.05) is 37.6 Å². The van der Waals surface area contributed by atoms with Gasteiger partial charge in [-0.05, 0) is 69.1 Å². The SMILES string of the molecule is O=C(O)CNc1ccc(N2CCN(CCC3CCNCC3)CC2)cc1. The Bertz CT molecular complexity index is 535. The maximum atomic E-state index is 10.6. The van der Waals surface area contributed by atoms with E-state index in [2.05, 4.69) is 32.6 Å². The Hall–Kier alpha value is -1.79. The zero-order chi connectivity index (χ0) is 17.5. The van der Waals surface area contributed by atoms with Crippen LogP contribution in [0, 0.1) is 5.92 Å². The van der Waals surface area contributed by atoms with Crippen molar-refractivity contribution in [3.8, 4) is 0 Å². The second kappa shape index (κ2) is 9.06. The number of benzene rings is 1. The number of carboxylic acids is 1. The molecule has 0 bridgehead atoms. The van der Waals surface area contributed by atoms with E-state index >= 15 is 0 Å². The largest absolute Gasteiger partial charge is 0.480 e. The van der Waals surface area contributed by atoms with Crippen LogP contribution in [0.5, 0.6) is 0 Å². The number of piperazine rings is 1. The summed E-state index contributed by atoms with van der Waals surface area (Å²) in [7, 11) is 0. The molecular formula is C19H30N4O2. The second-order valence-electron chi connectivity index (χ2n) is 7.10. The fourth-order valence-corrected chi connectivity index (χ4v) is 3.73. The van der Waals surface area contributed by atoms with E-state index in [4.69, 9.17) is 5.11 Å². The topological polar surface area (TPSA) is 67.8 Å². The number of aliphatic carboxylic acids is 1. The van der Waals surface area contributed by atoms with Gasteiger partial charge in [-0.15, -0.1) is 0 Å². The van der Waals surface area contributed by atoms with Gasteiger partial charge in [-0.2, -0.15) is 0 Å². The first-order chi connectivity index (χ1) is 12.2. The van der Waals surface area contributed by atoms with Gasteiger partial charge in [0.2, 0.25) is 0 Å². The maximum Gasteiger partial charge on any atom is 0.322 e. The molecule has 0 amide bonds. The molecule has 2 saturated heterocycles. The van der Waals surface area contributed by atoms with Crippen molar-refractivity contribution in [2.45, 2.75) is 19.3 Å². The number of anilines is 2. The summed E-state index contributed by atoms with van der Waals surface area (Å²) in [5.41, 5.74) is 2.07. The molecule has 0 atom stereocenters. The molecule has 2 aliphatic heterocycles. The molecule has 0 spiro atoms. The number of rotatable bonds is 7. The van der Waals surface area contributed by atoms with Gasteiger partial charge in [-0.1, -0.05) is 0 Å². The van der Waals surface area contributed by atoms with Crippen molar-refractivity contribution in [1.82, 2.24) is 10.2 Å². The molecule has 0 unspecified atom stereocenters. The minimum atomic E-state index is -0.843. The lowest BCUT2D eigenvalue weighted by Gasteiger charge is -2.37. The van der Waals surface area contributed by atoms with Crippen molar-refractivity contribution in [2.24, 2.45) is 5.92 Å². The van der Waals surface area contributed by atoms with E-state index < -0.39 is 5.97 Å². The summed E-state index contributed by atoms with van der Waals surface area (Å²) in [5.74, 6) is 0.0646. The van der Waals surface area contributed by atoms with Crippen molar-refractivity contribution in [1.29, 1.82) is 0 Å². The number of carbonyl (C=O) groups is 1. The van der Waals surface area contributed by atoms with Gasteiger partial charge in [0.25, 0.3) is 0 Å². The quantitative estimate of drug-likeness (QED) is 0.698. The molecule has 6 nitrogen and oxygen atoms in total.